The lowest BCUT2D eigenvalue weighted by molar-refractivity contribution is 0.102. The lowest BCUT2D eigenvalue weighted by atomic mass is 10.1. The number of fused-ring (bicyclic) bond motifs is 1. The molecule has 1 saturated heterocycles. The molecule has 6 nitrogen and oxygen atoms in total. The molecule has 0 unspecified atom stereocenters. The first-order chi connectivity index (χ1) is 16.5. The summed E-state index contributed by atoms with van der Waals surface area (Å²) >= 11 is 0. The molecule has 34 heavy (non-hydrogen) atoms. The van der Waals surface area contributed by atoms with Crippen molar-refractivity contribution in [2.24, 2.45) is 0 Å². The van der Waals surface area contributed by atoms with E-state index < -0.39 is 10.0 Å². The zero-order valence-corrected chi connectivity index (χ0v) is 19.8. The van der Waals surface area contributed by atoms with Crippen LogP contribution in [0.3, 0.4) is 0 Å². The average molecular weight is 477 g/mol. The molecule has 1 amide bonds. The Kier molecular flexibility index (Phi) is 6.39. The van der Waals surface area contributed by atoms with Gasteiger partial charge >= 0.3 is 0 Å². The maximum absolute atomic E-state index is 12.6. The summed E-state index contributed by atoms with van der Waals surface area (Å²) in [6.45, 7) is 1.57. The lowest BCUT2D eigenvalue weighted by Crippen LogP contribution is -2.27. The number of rotatable bonds is 7. The number of benzene rings is 3. The summed E-state index contributed by atoms with van der Waals surface area (Å²) in [5.41, 5.74) is 4.86. The molecule has 2 aliphatic rings. The number of amides is 1. The third kappa shape index (κ3) is 4.86. The molecule has 0 bridgehead atoms. The maximum Gasteiger partial charge on any atom is 0.255 e. The number of aryl methyl sites for hydroxylation is 2. The van der Waals surface area contributed by atoms with Crippen LogP contribution >= 0.6 is 0 Å². The van der Waals surface area contributed by atoms with Crippen LogP contribution < -0.4 is 10.1 Å². The number of carbonyl (C=O) groups is 1. The largest absolute Gasteiger partial charge is 0.489 e. The van der Waals surface area contributed by atoms with Gasteiger partial charge in [-0.15, -0.1) is 0 Å². The van der Waals surface area contributed by atoms with E-state index in [2.05, 4.69) is 17.4 Å². The van der Waals surface area contributed by atoms with Crippen LogP contribution in [-0.2, 0) is 29.5 Å². The molecule has 1 aliphatic heterocycles. The van der Waals surface area contributed by atoms with Gasteiger partial charge in [0.05, 0.1) is 4.90 Å². The van der Waals surface area contributed by atoms with Gasteiger partial charge < -0.3 is 10.1 Å². The summed E-state index contributed by atoms with van der Waals surface area (Å²) in [6.07, 6.45) is 5.27. The van der Waals surface area contributed by atoms with Crippen molar-refractivity contribution in [2.45, 2.75) is 43.6 Å². The third-order valence-corrected chi connectivity index (χ3v) is 8.42. The summed E-state index contributed by atoms with van der Waals surface area (Å²) in [5, 5.41) is 2.83. The summed E-state index contributed by atoms with van der Waals surface area (Å²) in [4.78, 5) is 12.9. The Labute approximate surface area is 200 Å². The average Bonchev–Trinajstić information content (AvgIpc) is 3.56. The van der Waals surface area contributed by atoms with Gasteiger partial charge in [0.1, 0.15) is 12.4 Å². The van der Waals surface area contributed by atoms with Crippen molar-refractivity contribution in [2.75, 3.05) is 18.4 Å². The Morgan fingerprint density at radius 3 is 2.29 bits per heavy atom. The fraction of sp³-hybridized carbons (Fsp3) is 0.296. The van der Waals surface area contributed by atoms with Crippen LogP contribution in [0.15, 0.2) is 71.6 Å². The van der Waals surface area contributed by atoms with E-state index in [1.165, 1.54) is 21.9 Å². The molecule has 3 aromatic rings. The van der Waals surface area contributed by atoms with Crippen LogP contribution in [-0.4, -0.2) is 31.7 Å². The van der Waals surface area contributed by atoms with Gasteiger partial charge in [0.25, 0.3) is 5.91 Å². The van der Waals surface area contributed by atoms with Crippen molar-refractivity contribution < 1.29 is 17.9 Å². The van der Waals surface area contributed by atoms with E-state index in [0.29, 0.717) is 30.9 Å². The zero-order chi connectivity index (χ0) is 23.5. The number of ether oxygens (including phenoxy) is 1. The fourth-order valence-electron chi connectivity index (χ4n) is 4.55. The molecule has 7 heteroatoms. The summed E-state index contributed by atoms with van der Waals surface area (Å²) < 4.78 is 32.7. The summed E-state index contributed by atoms with van der Waals surface area (Å²) in [7, 11) is -3.46. The highest BCUT2D eigenvalue weighted by molar-refractivity contribution is 7.89. The number of nitrogens with zero attached hydrogens (tertiary/aromatic N) is 1. The Hall–Kier alpha value is -3.16. The van der Waals surface area contributed by atoms with Crippen LogP contribution in [0.5, 0.6) is 5.75 Å². The number of anilines is 1. The standard InChI is InChI=1S/C27H28N2O4S/c30-27(28-24-11-14-26(15-12-24)34(31,32)29-16-1-2-17-29)22-8-6-20(7-9-22)19-33-25-13-10-21-4-3-5-23(21)18-25/h6-15,18H,1-5,16-17,19H2,(H,28,30). The van der Waals surface area contributed by atoms with Gasteiger partial charge in [0, 0.05) is 24.3 Å². The third-order valence-electron chi connectivity index (χ3n) is 6.51. The van der Waals surface area contributed by atoms with Crippen LogP contribution in [0.2, 0.25) is 0 Å². The first-order valence-corrected chi connectivity index (χ1v) is 13.2. The first kappa shape index (κ1) is 22.6. The highest BCUT2D eigenvalue weighted by Gasteiger charge is 2.27. The van der Waals surface area contributed by atoms with Crippen molar-refractivity contribution >= 4 is 21.6 Å². The molecule has 0 aromatic heterocycles. The number of nitrogens with one attached hydrogen (secondary N) is 1. The second-order valence-corrected chi connectivity index (χ2v) is 10.8. The Morgan fingerprint density at radius 2 is 1.56 bits per heavy atom. The lowest BCUT2D eigenvalue weighted by Gasteiger charge is -2.15. The number of carbonyl (C=O) groups excluding carboxylic acids is 1. The van der Waals surface area contributed by atoms with Gasteiger partial charge in [-0.05, 0) is 97.3 Å². The molecule has 1 N–H and O–H groups in total. The van der Waals surface area contributed by atoms with Crippen molar-refractivity contribution in [3.05, 3.63) is 89.0 Å². The fourth-order valence-corrected chi connectivity index (χ4v) is 6.07. The van der Waals surface area contributed by atoms with Crippen molar-refractivity contribution in [1.29, 1.82) is 0 Å². The van der Waals surface area contributed by atoms with Crippen LogP contribution in [0.1, 0.15) is 46.3 Å². The summed E-state index contributed by atoms with van der Waals surface area (Å²) in [5.74, 6) is 0.624. The molecule has 0 saturated carbocycles. The van der Waals surface area contributed by atoms with Gasteiger partial charge in [0.2, 0.25) is 10.0 Å². The quantitative estimate of drug-likeness (QED) is 0.532. The Morgan fingerprint density at radius 1 is 0.853 bits per heavy atom. The van der Waals surface area contributed by atoms with Crippen molar-refractivity contribution in [1.82, 2.24) is 4.31 Å². The van der Waals surface area contributed by atoms with Gasteiger partial charge in [0.15, 0.2) is 0 Å². The molecule has 3 aromatic carbocycles. The van der Waals surface area contributed by atoms with Crippen LogP contribution in [0.25, 0.3) is 0 Å². The predicted octanol–water partition coefficient (Wildman–Crippen LogP) is 4.79. The summed E-state index contributed by atoms with van der Waals surface area (Å²) in [6, 6.07) is 19.9. The highest BCUT2D eigenvalue weighted by atomic mass is 32.2. The zero-order valence-electron chi connectivity index (χ0n) is 19.0. The van der Waals surface area contributed by atoms with E-state index in [9.17, 15) is 13.2 Å². The molecule has 0 radical (unpaired) electrons. The second kappa shape index (κ2) is 9.60. The smallest absolute Gasteiger partial charge is 0.255 e. The van der Waals surface area contributed by atoms with Gasteiger partial charge in [-0.2, -0.15) is 4.31 Å². The van der Waals surface area contributed by atoms with Crippen LogP contribution in [0.4, 0.5) is 5.69 Å². The number of hydrogen-bond acceptors (Lipinski definition) is 4. The van der Waals surface area contributed by atoms with E-state index in [4.69, 9.17) is 4.74 Å². The topological polar surface area (TPSA) is 75.7 Å². The normalized spacial score (nSPS) is 15.8. The molecule has 0 spiro atoms. The predicted molar refractivity (Wildman–Crippen MR) is 132 cm³/mol. The van der Waals surface area contributed by atoms with Crippen LogP contribution in [0, 0.1) is 0 Å². The second-order valence-electron chi connectivity index (χ2n) is 8.86. The van der Waals surface area contributed by atoms with Crippen molar-refractivity contribution in [3.8, 4) is 5.75 Å². The van der Waals surface area contributed by atoms with Gasteiger partial charge in [-0.25, -0.2) is 8.42 Å². The van der Waals surface area contributed by atoms with E-state index in [1.807, 2.05) is 18.2 Å². The van der Waals surface area contributed by atoms with Gasteiger partial charge in [-0.3, -0.25) is 4.79 Å². The Bertz CT molecular complexity index is 1280. The van der Waals surface area contributed by atoms with Crippen molar-refractivity contribution in [3.63, 3.8) is 0 Å². The van der Waals surface area contributed by atoms with E-state index >= 15 is 0 Å². The maximum atomic E-state index is 12.6. The molecule has 1 heterocycles. The first-order valence-electron chi connectivity index (χ1n) is 11.7. The molecular weight excluding hydrogens is 448 g/mol. The molecular formula is C27H28N2O4S. The highest BCUT2D eigenvalue weighted by Crippen LogP contribution is 2.27. The Balaban J connectivity index is 1.17. The monoisotopic (exact) mass is 476 g/mol. The molecule has 176 valence electrons. The van der Waals surface area contributed by atoms with E-state index in [1.54, 1.807) is 36.4 Å². The number of hydrogen-bond donors (Lipinski definition) is 1. The minimum absolute atomic E-state index is 0.249. The molecule has 5 rings (SSSR count). The molecule has 0 atom stereocenters. The van der Waals surface area contributed by atoms with E-state index in [0.717, 1.165) is 37.0 Å². The number of sulfonamides is 1. The van der Waals surface area contributed by atoms with Gasteiger partial charge in [-0.1, -0.05) is 18.2 Å². The minimum atomic E-state index is -3.46. The minimum Gasteiger partial charge on any atom is -0.489 e. The van der Waals surface area contributed by atoms with E-state index in [-0.39, 0.29) is 10.8 Å². The molecule has 1 fully saturated rings. The molecule has 1 aliphatic carbocycles. The SMILES string of the molecule is O=C(Nc1ccc(S(=O)(=O)N2CCCC2)cc1)c1ccc(COc2ccc3c(c2)CCC3)cc1.